The van der Waals surface area contributed by atoms with Gasteiger partial charge in [0.1, 0.15) is 6.33 Å². The highest BCUT2D eigenvalue weighted by atomic mass is 16.5. The molecule has 2 heterocycles. The highest BCUT2D eigenvalue weighted by molar-refractivity contribution is 5.64. The van der Waals surface area contributed by atoms with Crippen molar-refractivity contribution in [3.05, 3.63) is 6.33 Å². The van der Waals surface area contributed by atoms with Crippen LogP contribution in [0, 0.1) is 0 Å². The average Bonchev–Trinajstić information content (AvgIpc) is 2.83. The molecule has 7 nitrogen and oxygen atoms in total. The van der Waals surface area contributed by atoms with Crippen LogP contribution < -0.4 is 20.9 Å². The van der Waals surface area contributed by atoms with Crippen LogP contribution >= 0.6 is 0 Å². The first-order valence-electron chi connectivity index (χ1n) is 5.89. The topological polar surface area (TPSA) is 85.5 Å². The van der Waals surface area contributed by atoms with E-state index >= 15 is 0 Å². The van der Waals surface area contributed by atoms with Gasteiger partial charge in [0.2, 0.25) is 5.75 Å². The highest BCUT2D eigenvalue weighted by Gasteiger charge is 2.30. The largest absolute Gasteiger partial charge is 0.490 e. The van der Waals surface area contributed by atoms with Crippen molar-refractivity contribution >= 4 is 11.6 Å². The van der Waals surface area contributed by atoms with E-state index in [9.17, 15) is 0 Å². The van der Waals surface area contributed by atoms with Crippen LogP contribution in [-0.4, -0.2) is 42.9 Å². The Bertz CT molecular complexity index is 414. The van der Waals surface area contributed by atoms with Crippen molar-refractivity contribution in [2.75, 3.05) is 31.1 Å². The predicted octanol–water partition coefficient (Wildman–Crippen LogP) is 0.384. The number of aromatic nitrogens is 2. The molecule has 100 valence electrons. The average molecular weight is 253 g/mol. The maximum absolute atomic E-state index is 5.57. The number of methoxy groups -OCH3 is 1. The molecule has 1 aliphatic heterocycles. The first kappa shape index (κ1) is 12.8. The van der Waals surface area contributed by atoms with E-state index in [0.29, 0.717) is 17.4 Å². The van der Waals surface area contributed by atoms with E-state index in [2.05, 4.69) is 27.2 Å². The number of hydrogen-bond acceptors (Lipinski definition) is 7. The Morgan fingerprint density at radius 2 is 2.33 bits per heavy atom. The van der Waals surface area contributed by atoms with Crippen molar-refractivity contribution in [1.82, 2.24) is 9.97 Å². The summed E-state index contributed by atoms with van der Waals surface area (Å²) in [5.74, 6) is 7.14. The summed E-state index contributed by atoms with van der Waals surface area (Å²) in [5.41, 5.74) is 2.51. The SMILES string of the molecule is COc1c(NN)ncnc1N(C)C1CCOC1C. The van der Waals surface area contributed by atoms with Gasteiger partial charge >= 0.3 is 0 Å². The van der Waals surface area contributed by atoms with E-state index in [0.717, 1.165) is 13.0 Å². The molecular weight excluding hydrogens is 234 g/mol. The number of nitrogen functional groups attached to an aromatic ring is 1. The normalized spacial score (nSPS) is 22.9. The number of hydrogen-bond donors (Lipinski definition) is 2. The van der Waals surface area contributed by atoms with E-state index in [4.69, 9.17) is 15.3 Å². The number of ether oxygens (including phenoxy) is 2. The summed E-state index contributed by atoms with van der Waals surface area (Å²) in [6.07, 6.45) is 2.60. The van der Waals surface area contributed by atoms with E-state index in [-0.39, 0.29) is 12.1 Å². The fraction of sp³-hybridized carbons (Fsp3) is 0.636. The molecule has 1 saturated heterocycles. The lowest BCUT2D eigenvalue weighted by Gasteiger charge is -2.29. The monoisotopic (exact) mass is 253 g/mol. The van der Waals surface area contributed by atoms with Crippen LogP contribution in [0.25, 0.3) is 0 Å². The summed E-state index contributed by atoms with van der Waals surface area (Å²) < 4.78 is 10.9. The molecule has 18 heavy (non-hydrogen) atoms. The van der Waals surface area contributed by atoms with Crippen molar-refractivity contribution in [2.45, 2.75) is 25.5 Å². The molecule has 3 N–H and O–H groups in total. The van der Waals surface area contributed by atoms with Crippen LogP contribution in [0.2, 0.25) is 0 Å². The van der Waals surface area contributed by atoms with Gasteiger partial charge in [0, 0.05) is 13.7 Å². The van der Waals surface area contributed by atoms with Crippen LogP contribution in [0.15, 0.2) is 6.33 Å². The van der Waals surface area contributed by atoms with Gasteiger partial charge in [-0.2, -0.15) is 0 Å². The maximum atomic E-state index is 5.57. The zero-order valence-corrected chi connectivity index (χ0v) is 10.9. The molecule has 1 aromatic rings. The predicted molar refractivity (Wildman–Crippen MR) is 68.6 cm³/mol. The van der Waals surface area contributed by atoms with Crippen molar-refractivity contribution in [2.24, 2.45) is 5.84 Å². The highest BCUT2D eigenvalue weighted by Crippen LogP contribution is 2.33. The summed E-state index contributed by atoms with van der Waals surface area (Å²) in [5, 5.41) is 0. The van der Waals surface area contributed by atoms with Crippen LogP contribution in [-0.2, 0) is 4.74 Å². The van der Waals surface area contributed by atoms with Gasteiger partial charge in [-0.05, 0) is 13.3 Å². The molecule has 7 heteroatoms. The third-order valence-electron chi connectivity index (χ3n) is 3.29. The van der Waals surface area contributed by atoms with E-state index in [1.807, 2.05) is 7.05 Å². The maximum Gasteiger partial charge on any atom is 0.205 e. The lowest BCUT2D eigenvalue weighted by molar-refractivity contribution is 0.118. The number of nitrogens with one attached hydrogen (secondary N) is 1. The lowest BCUT2D eigenvalue weighted by Crippen LogP contribution is -2.37. The summed E-state index contributed by atoms with van der Waals surface area (Å²) in [6, 6.07) is 0.277. The third kappa shape index (κ3) is 2.19. The van der Waals surface area contributed by atoms with Gasteiger partial charge in [-0.1, -0.05) is 0 Å². The summed E-state index contributed by atoms with van der Waals surface area (Å²) in [6.45, 7) is 2.83. The van der Waals surface area contributed by atoms with Crippen LogP contribution in [0.3, 0.4) is 0 Å². The fourth-order valence-electron chi connectivity index (χ4n) is 2.29. The first-order chi connectivity index (χ1) is 8.69. The van der Waals surface area contributed by atoms with Crippen LogP contribution in [0.4, 0.5) is 11.6 Å². The molecule has 0 radical (unpaired) electrons. The molecular formula is C11H19N5O2. The van der Waals surface area contributed by atoms with Crippen molar-refractivity contribution in [3.8, 4) is 5.75 Å². The summed E-state index contributed by atoms with van der Waals surface area (Å²) in [4.78, 5) is 10.4. The minimum atomic E-state index is 0.170. The Balaban J connectivity index is 2.32. The summed E-state index contributed by atoms with van der Waals surface area (Å²) in [7, 11) is 3.55. The number of anilines is 2. The second kappa shape index (κ2) is 5.36. The molecule has 2 atom stereocenters. The van der Waals surface area contributed by atoms with Gasteiger partial charge in [0.15, 0.2) is 11.6 Å². The van der Waals surface area contributed by atoms with Gasteiger partial charge < -0.3 is 19.8 Å². The molecule has 2 rings (SSSR count). The van der Waals surface area contributed by atoms with Crippen molar-refractivity contribution in [3.63, 3.8) is 0 Å². The first-order valence-corrected chi connectivity index (χ1v) is 5.89. The Morgan fingerprint density at radius 3 is 2.89 bits per heavy atom. The number of nitrogens with zero attached hydrogens (tertiary/aromatic N) is 3. The van der Waals surface area contributed by atoms with E-state index in [1.54, 1.807) is 7.11 Å². The fourth-order valence-corrected chi connectivity index (χ4v) is 2.29. The quantitative estimate of drug-likeness (QED) is 0.592. The molecule has 0 amide bonds. The number of likely N-dealkylation sites (N-methyl/N-ethyl adjacent to an activating group) is 1. The molecule has 0 bridgehead atoms. The third-order valence-corrected chi connectivity index (χ3v) is 3.29. The molecule has 1 aliphatic rings. The second-order valence-electron chi connectivity index (χ2n) is 4.27. The van der Waals surface area contributed by atoms with E-state index < -0.39 is 0 Å². The summed E-state index contributed by atoms with van der Waals surface area (Å²) >= 11 is 0. The van der Waals surface area contributed by atoms with E-state index in [1.165, 1.54) is 6.33 Å². The molecule has 1 fully saturated rings. The van der Waals surface area contributed by atoms with Gasteiger partial charge in [-0.3, -0.25) is 0 Å². The van der Waals surface area contributed by atoms with Gasteiger partial charge in [-0.25, -0.2) is 15.8 Å². The molecule has 2 unspecified atom stereocenters. The molecule has 0 spiro atoms. The smallest absolute Gasteiger partial charge is 0.205 e. The minimum Gasteiger partial charge on any atom is -0.490 e. The van der Waals surface area contributed by atoms with Crippen molar-refractivity contribution < 1.29 is 9.47 Å². The van der Waals surface area contributed by atoms with Crippen LogP contribution in [0.1, 0.15) is 13.3 Å². The Kier molecular flexibility index (Phi) is 3.83. The molecule has 1 aromatic heterocycles. The second-order valence-corrected chi connectivity index (χ2v) is 4.27. The van der Waals surface area contributed by atoms with Gasteiger partial charge in [0.05, 0.1) is 19.3 Å². The van der Waals surface area contributed by atoms with Gasteiger partial charge in [0.25, 0.3) is 0 Å². The standard InChI is InChI=1S/C11H19N5O2/c1-7-8(4-5-18-7)16(2)11-9(17-3)10(15-12)13-6-14-11/h6-8H,4-5,12H2,1-3H3,(H,13,14,15). The number of hydrazine groups is 1. The molecule has 0 aliphatic carbocycles. The number of nitrogens with two attached hydrogens (primary N) is 1. The molecule has 0 aromatic carbocycles. The molecule has 0 saturated carbocycles. The Labute approximate surface area is 106 Å². The zero-order chi connectivity index (χ0) is 13.1. The lowest BCUT2D eigenvalue weighted by atomic mass is 10.1. The van der Waals surface area contributed by atoms with Crippen LogP contribution in [0.5, 0.6) is 5.75 Å². The zero-order valence-electron chi connectivity index (χ0n) is 10.9. The number of rotatable bonds is 4. The van der Waals surface area contributed by atoms with Gasteiger partial charge in [-0.15, -0.1) is 0 Å². The Morgan fingerprint density at radius 1 is 1.56 bits per heavy atom. The minimum absolute atomic E-state index is 0.170. The van der Waals surface area contributed by atoms with Crippen molar-refractivity contribution in [1.29, 1.82) is 0 Å². The Hall–Kier alpha value is -1.60.